The van der Waals surface area contributed by atoms with Gasteiger partial charge in [0.15, 0.2) is 0 Å². The largest absolute Gasteiger partial charge is 0.314 e. The Kier molecular flexibility index (Phi) is 4.44. The minimum Gasteiger partial charge on any atom is -0.314 e. The van der Waals surface area contributed by atoms with Crippen molar-refractivity contribution in [2.24, 2.45) is 18.9 Å². The molecule has 18 heavy (non-hydrogen) atoms. The number of aromatic nitrogens is 2. The Morgan fingerprint density at radius 3 is 2.83 bits per heavy atom. The molecule has 1 aromatic rings. The molecule has 1 fully saturated rings. The van der Waals surface area contributed by atoms with Crippen molar-refractivity contribution in [1.29, 1.82) is 0 Å². The molecule has 1 aliphatic carbocycles. The maximum absolute atomic E-state index is 4.46. The Bertz CT molecular complexity index is 383. The van der Waals surface area contributed by atoms with E-state index in [9.17, 15) is 0 Å². The molecule has 3 unspecified atom stereocenters. The minimum absolute atomic E-state index is 0.696. The molecule has 1 aromatic heterocycles. The molecule has 1 heterocycles. The van der Waals surface area contributed by atoms with Gasteiger partial charge in [-0.2, -0.15) is 5.10 Å². The van der Waals surface area contributed by atoms with Gasteiger partial charge in [-0.05, 0) is 57.1 Å². The SMILES string of the molecule is CCNC1CCC(C)CC1Cc1cc(C)nn1C. The van der Waals surface area contributed by atoms with Crippen LogP contribution in [0, 0.1) is 18.8 Å². The van der Waals surface area contributed by atoms with Crippen LogP contribution in [0.3, 0.4) is 0 Å². The van der Waals surface area contributed by atoms with Gasteiger partial charge in [0.2, 0.25) is 0 Å². The van der Waals surface area contributed by atoms with Gasteiger partial charge in [0.25, 0.3) is 0 Å². The van der Waals surface area contributed by atoms with Crippen molar-refractivity contribution in [3.05, 3.63) is 17.5 Å². The molecule has 3 atom stereocenters. The van der Waals surface area contributed by atoms with Crippen LogP contribution in [0.25, 0.3) is 0 Å². The number of nitrogens with zero attached hydrogens (tertiary/aromatic N) is 2. The van der Waals surface area contributed by atoms with Crippen molar-refractivity contribution in [2.45, 2.75) is 52.5 Å². The van der Waals surface area contributed by atoms with Crippen molar-refractivity contribution in [3.63, 3.8) is 0 Å². The van der Waals surface area contributed by atoms with Crippen molar-refractivity contribution >= 4 is 0 Å². The molecule has 0 spiro atoms. The molecule has 102 valence electrons. The van der Waals surface area contributed by atoms with Crippen LogP contribution >= 0.6 is 0 Å². The van der Waals surface area contributed by atoms with E-state index in [0.29, 0.717) is 6.04 Å². The number of nitrogens with one attached hydrogen (secondary N) is 1. The number of aryl methyl sites for hydroxylation is 2. The van der Waals surface area contributed by atoms with E-state index in [0.717, 1.165) is 24.1 Å². The fourth-order valence-corrected chi connectivity index (χ4v) is 3.38. The van der Waals surface area contributed by atoms with Crippen LogP contribution in [0.4, 0.5) is 0 Å². The molecule has 1 aliphatic rings. The van der Waals surface area contributed by atoms with Gasteiger partial charge in [-0.3, -0.25) is 4.68 Å². The van der Waals surface area contributed by atoms with E-state index in [2.05, 4.69) is 49.0 Å². The zero-order chi connectivity index (χ0) is 13.1. The van der Waals surface area contributed by atoms with Crippen LogP contribution < -0.4 is 5.32 Å². The third-order valence-electron chi connectivity index (χ3n) is 4.28. The van der Waals surface area contributed by atoms with E-state index in [1.54, 1.807) is 0 Å². The van der Waals surface area contributed by atoms with E-state index in [1.807, 2.05) is 0 Å². The lowest BCUT2D eigenvalue weighted by Crippen LogP contribution is -2.41. The Morgan fingerprint density at radius 2 is 2.22 bits per heavy atom. The van der Waals surface area contributed by atoms with E-state index in [4.69, 9.17) is 0 Å². The van der Waals surface area contributed by atoms with Gasteiger partial charge in [0.1, 0.15) is 0 Å². The monoisotopic (exact) mass is 249 g/mol. The van der Waals surface area contributed by atoms with Crippen molar-refractivity contribution in [3.8, 4) is 0 Å². The fourth-order valence-electron chi connectivity index (χ4n) is 3.38. The maximum Gasteiger partial charge on any atom is 0.0596 e. The lowest BCUT2D eigenvalue weighted by atomic mass is 9.76. The first-order valence-corrected chi connectivity index (χ1v) is 7.33. The fraction of sp³-hybridized carbons (Fsp3) is 0.800. The topological polar surface area (TPSA) is 29.9 Å². The van der Waals surface area contributed by atoms with Gasteiger partial charge in [0, 0.05) is 18.8 Å². The molecule has 0 aliphatic heterocycles. The van der Waals surface area contributed by atoms with Crippen molar-refractivity contribution in [1.82, 2.24) is 15.1 Å². The molecule has 3 nitrogen and oxygen atoms in total. The zero-order valence-electron chi connectivity index (χ0n) is 12.2. The first-order valence-electron chi connectivity index (χ1n) is 7.33. The second-order valence-corrected chi connectivity index (χ2v) is 5.95. The summed E-state index contributed by atoms with van der Waals surface area (Å²) in [6.07, 6.45) is 5.22. The minimum atomic E-state index is 0.696. The summed E-state index contributed by atoms with van der Waals surface area (Å²) in [4.78, 5) is 0. The molecule has 2 rings (SSSR count). The maximum atomic E-state index is 4.46. The van der Waals surface area contributed by atoms with Gasteiger partial charge in [-0.1, -0.05) is 13.8 Å². The molecular weight excluding hydrogens is 222 g/mol. The number of rotatable bonds is 4. The second-order valence-electron chi connectivity index (χ2n) is 5.95. The quantitative estimate of drug-likeness (QED) is 0.889. The summed E-state index contributed by atoms with van der Waals surface area (Å²) >= 11 is 0. The predicted molar refractivity (Wildman–Crippen MR) is 75.6 cm³/mol. The summed E-state index contributed by atoms with van der Waals surface area (Å²) in [5.41, 5.74) is 2.52. The molecule has 0 bridgehead atoms. The summed E-state index contributed by atoms with van der Waals surface area (Å²) in [6, 6.07) is 2.93. The smallest absolute Gasteiger partial charge is 0.0596 e. The first-order chi connectivity index (χ1) is 8.60. The summed E-state index contributed by atoms with van der Waals surface area (Å²) in [7, 11) is 2.07. The van der Waals surface area contributed by atoms with E-state index >= 15 is 0 Å². The second kappa shape index (κ2) is 5.87. The van der Waals surface area contributed by atoms with Crippen molar-refractivity contribution < 1.29 is 0 Å². The van der Waals surface area contributed by atoms with E-state index in [1.165, 1.54) is 31.4 Å². The van der Waals surface area contributed by atoms with E-state index in [-0.39, 0.29) is 0 Å². The van der Waals surface area contributed by atoms with Crippen LogP contribution in [0.15, 0.2) is 6.07 Å². The molecule has 1 saturated carbocycles. The third kappa shape index (κ3) is 3.14. The molecule has 0 aromatic carbocycles. The highest BCUT2D eigenvalue weighted by molar-refractivity contribution is 5.10. The predicted octanol–water partition coefficient (Wildman–Crippen LogP) is 2.69. The molecule has 0 amide bonds. The lowest BCUT2D eigenvalue weighted by Gasteiger charge is -2.35. The van der Waals surface area contributed by atoms with Crippen molar-refractivity contribution in [2.75, 3.05) is 6.54 Å². The van der Waals surface area contributed by atoms with Gasteiger partial charge in [0.05, 0.1) is 5.69 Å². The molecule has 0 radical (unpaired) electrons. The summed E-state index contributed by atoms with van der Waals surface area (Å²) < 4.78 is 2.05. The highest BCUT2D eigenvalue weighted by atomic mass is 15.3. The van der Waals surface area contributed by atoms with Gasteiger partial charge >= 0.3 is 0 Å². The Hall–Kier alpha value is -0.830. The van der Waals surface area contributed by atoms with Crippen LogP contribution in [-0.2, 0) is 13.5 Å². The first kappa shape index (κ1) is 13.6. The standard InChI is InChI=1S/C15H27N3/c1-5-16-15-7-6-11(2)8-13(15)10-14-9-12(3)17-18(14)4/h9,11,13,15-16H,5-8,10H2,1-4H3. The Balaban J connectivity index is 2.06. The molecule has 1 N–H and O–H groups in total. The lowest BCUT2D eigenvalue weighted by molar-refractivity contribution is 0.212. The Morgan fingerprint density at radius 1 is 1.44 bits per heavy atom. The van der Waals surface area contributed by atoms with Crippen LogP contribution in [0.2, 0.25) is 0 Å². The van der Waals surface area contributed by atoms with Gasteiger partial charge < -0.3 is 5.32 Å². The van der Waals surface area contributed by atoms with Crippen LogP contribution in [-0.4, -0.2) is 22.4 Å². The zero-order valence-corrected chi connectivity index (χ0v) is 12.2. The summed E-state index contributed by atoms with van der Waals surface area (Å²) in [5, 5.41) is 8.13. The van der Waals surface area contributed by atoms with Gasteiger partial charge in [-0.25, -0.2) is 0 Å². The third-order valence-corrected chi connectivity index (χ3v) is 4.28. The molecular formula is C15H27N3. The number of hydrogen-bond acceptors (Lipinski definition) is 2. The van der Waals surface area contributed by atoms with E-state index < -0.39 is 0 Å². The Labute approximate surface area is 111 Å². The highest BCUT2D eigenvalue weighted by Crippen LogP contribution is 2.31. The average molecular weight is 249 g/mol. The number of hydrogen-bond donors (Lipinski definition) is 1. The van der Waals surface area contributed by atoms with Gasteiger partial charge in [-0.15, -0.1) is 0 Å². The highest BCUT2D eigenvalue weighted by Gasteiger charge is 2.28. The van der Waals surface area contributed by atoms with Crippen LogP contribution in [0.1, 0.15) is 44.5 Å². The average Bonchev–Trinajstić information content (AvgIpc) is 2.61. The van der Waals surface area contributed by atoms with Crippen LogP contribution in [0.5, 0.6) is 0 Å². The summed E-state index contributed by atoms with van der Waals surface area (Å²) in [6.45, 7) is 7.77. The normalized spacial score (nSPS) is 28.6. The molecule has 0 saturated heterocycles. The summed E-state index contributed by atoms with van der Waals surface area (Å²) in [5.74, 6) is 1.64. The molecule has 3 heteroatoms.